The van der Waals surface area contributed by atoms with Gasteiger partial charge in [-0.25, -0.2) is 13.6 Å². The van der Waals surface area contributed by atoms with E-state index in [2.05, 4.69) is 0 Å². The van der Waals surface area contributed by atoms with Crippen molar-refractivity contribution in [1.82, 2.24) is 4.90 Å². The molecule has 0 aliphatic carbocycles. The maximum Gasteiger partial charge on any atom is 0.422 e. The van der Waals surface area contributed by atoms with E-state index < -0.39 is 27.5 Å². The van der Waals surface area contributed by atoms with E-state index in [9.17, 15) is 21.6 Å². The summed E-state index contributed by atoms with van der Waals surface area (Å²) in [6.45, 7) is 0.307. The first-order valence-corrected chi connectivity index (χ1v) is 6.57. The maximum absolute atomic E-state index is 13.0. The van der Waals surface area contributed by atoms with Gasteiger partial charge in [-0.1, -0.05) is 0 Å². The van der Waals surface area contributed by atoms with Gasteiger partial charge in [0.1, 0.15) is 0 Å². The summed E-state index contributed by atoms with van der Waals surface area (Å²) in [5.41, 5.74) is 0. The molecular formula is C8H13F3N2O2S. The first-order chi connectivity index (χ1) is 7.18. The maximum atomic E-state index is 13.0. The van der Waals surface area contributed by atoms with Crippen LogP contribution in [0.4, 0.5) is 13.2 Å². The van der Waals surface area contributed by atoms with E-state index in [-0.39, 0.29) is 19.0 Å². The lowest BCUT2D eigenvalue weighted by atomic mass is 9.82. The molecule has 0 aromatic rings. The van der Waals surface area contributed by atoms with Gasteiger partial charge in [-0.05, 0) is 25.2 Å². The molecule has 3 aliphatic rings. The summed E-state index contributed by atoms with van der Waals surface area (Å²) in [6, 6.07) is 0. The molecule has 3 rings (SSSR count). The fraction of sp³-hybridized carbons (Fsp3) is 1.00. The van der Waals surface area contributed by atoms with E-state index in [1.165, 1.54) is 0 Å². The Morgan fingerprint density at radius 1 is 1.25 bits per heavy atom. The predicted molar refractivity (Wildman–Crippen MR) is 50.8 cm³/mol. The number of halogens is 3. The predicted octanol–water partition coefficient (Wildman–Crippen LogP) is 0.649. The average molecular weight is 258 g/mol. The number of hydrogen-bond acceptors (Lipinski definition) is 3. The summed E-state index contributed by atoms with van der Waals surface area (Å²) >= 11 is 0. The molecule has 3 heterocycles. The quantitative estimate of drug-likeness (QED) is 0.751. The van der Waals surface area contributed by atoms with E-state index in [1.807, 2.05) is 0 Å². The van der Waals surface area contributed by atoms with Crippen molar-refractivity contribution in [3.8, 4) is 0 Å². The van der Waals surface area contributed by atoms with Gasteiger partial charge in [0.25, 0.3) is 0 Å². The number of sulfonamides is 1. The van der Waals surface area contributed by atoms with Crippen molar-refractivity contribution in [2.45, 2.75) is 30.3 Å². The van der Waals surface area contributed by atoms with Gasteiger partial charge >= 0.3 is 6.18 Å². The van der Waals surface area contributed by atoms with Gasteiger partial charge in [-0.2, -0.15) is 13.2 Å². The Kier molecular flexibility index (Phi) is 2.52. The minimum atomic E-state index is -4.83. The molecule has 0 spiro atoms. The molecule has 2 N–H and O–H groups in total. The lowest BCUT2D eigenvalue weighted by Gasteiger charge is -2.52. The first-order valence-electron chi connectivity index (χ1n) is 5.02. The Balaban J connectivity index is 2.53. The van der Waals surface area contributed by atoms with E-state index in [0.29, 0.717) is 12.8 Å². The van der Waals surface area contributed by atoms with Crippen molar-refractivity contribution in [3.63, 3.8) is 0 Å². The van der Waals surface area contributed by atoms with Crippen molar-refractivity contribution < 1.29 is 21.6 Å². The first kappa shape index (κ1) is 12.1. The van der Waals surface area contributed by atoms with Gasteiger partial charge in [-0.15, -0.1) is 0 Å². The number of rotatable bonds is 1. The Morgan fingerprint density at radius 2 is 1.75 bits per heavy atom. The topological polar surface area (TPSA) is 63.4 Å². The fourth-order valence-electron chi connectivity index (χ4n) is 2.77. The van der Waals surface area contributed by atoms with Gasteiger partial charge < -0.3 is 0 Å². The molecule has 0 aromatic carbocycles. The van der Waals surface area contributed by atoms with Crippen LogP contribution in [0, 0.1) is 5.92 Å². The molecule has 1 atom stereocenters. The Labute approximate surface area is 91.6 Å². The molecule has 1 unspecified atom stereocenters. The van der Waals surface area contributed by atoms with Crippen molar-refractivity contribution in [2.24, 2.45) is 11.1 Å². The molecule has 0 radical (unpaired) electrons. The van der Waals surface area contributed by atoms with Crippen molar-refractivity contribution in [2.75, 3.05) is 13.1 Å². The van der Waals surface area contributed by atoms with Crippen molar-refractivity contribution >= 4 is 10.0 Å². The van der Waals surface area contributed by atoms with Gasteiger partial charge in [0.2, 0.25) is 14.9 Å². The number of piperidine rings is 3. The van der Waals surface area contributed by atoms with Crippen LogP contribution in [0.2, 0.25) is 0 Å². The number of fused-ring (bicyclic) bond motifs is 3. The van der Waals surface area contributed by atoms with Crippen LogP contribution in [-0.2, 0) is 10.0 Å². The van der Waals surface area contributed by atoms with Crippen molar-refractivity contribution in [3.05, 3.63) is 0 Å². The molecule has 3 saturated heterocycles. The number of hydrogen-bond donors (Lipinski definition) is 1. The van der Waals surface area contributed by atoms with Crippen LogP contribution in [0.25, 0.3) is 0 Å². The highest BCUT2D eigenvalue weighted by Gasteiger charge is 2.69. The molecule has 94 valence electrons. The Bertz CT molecular complexity index is 387. The van der Waals surface area contributed by atoms with Crippen LogP contribution in [0.5, 0.6) is 0 Å². The zero-order valence-corrected chi connectivity index (χ0v) is 9.31. The van der Waals surface area contributed by atoms with E-state index in [4.69, 9.17) is 5.14 Å². The summed E-state index contributed by atoms with van der Waals surface area (Å²) in [6.07, 6.45) is -4.02. The number of primary sulfonamides is 1. The monoisotopic (exact) mass is 258 g/mol. The number of alkyl halides is 3. The highest BCUT2D eigenvalue weighted by atomic mass is 32.2. The summed E-state index contributed by atoms with van der Waals surface area (Å²) in [4.78, 5) is -1.87. The third-order valence-corrected chi connectivity index (χ3v) is 5.20. The summed E-state index contributed by atoms with van der Waals surface area (Å²) in [5, 5.41) is 4.83. The molecular weight excluding hydrogens is 245 g/mol. The second-order valence-electron chi connectivity index (χ2n) is 4.46. The normalized spacial score (nSPS) is 40.0. The summed E-state index contributed by atoms with van der Waals surface area (Å²) < 4.78 is 61.9. The minimum Gasteiger partial charge on any atom is -0.276 e. The lowest BCUT2D eigenvalue weighted by Crippen LogP contribution is -2.70. The second kappa shape index (κ2) is 3.33. The number of nitrogens with zero attached hydrogens (tertiary/aromatic N) is 1. The van der Waals surface area contributed by atoms with Gasteiger partial charge in [0.05, 0.1) is 0 Å². The molecule has 3 aliphatic heterocycles. The van der Waals surface area contributed by atoms with Crippen LogP contribution in [0.1, 0.15) is 19.3 Å². The molecule has 0 amide bonds. The van der Waals surface area contributed by atoms with Crippen LogP contribution < -0.4 is 5.14 Å². The highest BCUT2D eigenvalue weighted by molar-refractivity contribution is 7.90. The smallest absolute Gasteiger partial charge is 0.276 e. The van der Waals surface area contributed by atoms with Crippen molar-refractivity contribution in [1.29, 1.82) is 0 Å². The Morgan fingerprint density at radius 3 is 1.94 bits per heavy atom. The van der Waals surface area contributed by atoms with Crippen LogP contribution in [0.15, 0.2) is 0 Å². The SMILES string of the molecule is NS(=O)(=O)C1(C(F)(F)F)CC2CCN1CC2. The third kappa shape index (κ3) is 1.46. The van der Waals surface area contributed by atoms with E-state index in [1.54, 1.807) is 0 Å². The van der Waals surface area contributed by atoms with Gasteiger partial charge in [0, 0.05) is 13.1 Å². The summed E-state index contributed by atoms with van der Waals surface area (Å²) in [7, 11) is -4.68. The van der Waals surface area contributed by atoms with Gasteiger partial charge in [0.15, 0.2) is 0 Å². The molecule has 8 heteroatoms. The van der Waals surface area contributed by atoms with Gasteiger partial charge in [-0.3, -0.25) is 4.90 Å². The Hall–Kier alpha value is -0.340. The zero-order valence-electron chi connectivity index (χ0n) is 8.50. The van der Waals surface area contributed by atoms with E-state index in [0.717, 1.165) is 4.90 Å². The third-order valence-electron chi connectivity index (χ3n) is 3.60. The molecule has 4 nitrogen and oxygen atoms in total. The zero-order chi connectivity index (χ0) is 12.2. The van der Waals surface area contributed by atoms with Crippen LogP contribution >= 0.6 is 0 Å². The molecule has 2 bridgehead atoms. The van der Waals surface area contributed by atoms with Crippen LogP contribution in [0.3, 0.4) is 0 Å². The molecule has 3 fully saturated rings. The largest absolute Gasteiger partial charge is 0.422 e. The average Bonchev–Trinajstić information content (AvgIpc) is 2.16. The summed E-state index contributed by atoms with van der Waals surface area (Å²) in [5.74, 6) is -0.190. The van der Waals surface area contributed by atoms with Crippen LogP contribution in [-0.4, -0.2) is 37.5 Å². The molecule has 0 saturated carbocycles. The van der Waals surface area contributed by atoms with E-state index >= 15 is 0 Å². The molecule has 16 heavy (non-hydrogen) atoms. The highest BCUT2D eigenvalue weighted by Crippen LogP contribution is 2.50. The minimum absolute atomic E-state index is 0.153. The number of nitrogens with two attached hydrogens (primary N) is 1. The fourth-order valence-corrected chi connectivity index (χ4v) is 4.10. The lowest BCUT2D eigenvalue weighted by molar-refractivity contribution is -0.224. The standard InChI is InChI=1S/C8H13F3N2O2S/c9-8(10,11)7(16(12,14)15)5-6-1-3-13(7)4-2-6/h6H,1-5H2,(H2,12,14,15). The second-order valence-corrected chi connectivity index (χ2v) is 6.23. The molecule has 0 aromatic heterocycles.